The lowest BCUT2D eigenvalue weighted by Crippen LogP contribution is -2.16. The number of benzene rings is 3. The number of amides is 1. The third-order valence-corrected chi connectivity index (χ3v) is 6.80. The topological polar surface area (TPSA) is 64.6 Å². The van der Waals surface area contributed by atoms with Crippen LogP contribution in [-0.4, -0.2) is 20.1 Å². The molecule has 0 bridgehead atoms. The summed E-state index contributed by atoms with van der Waals surface area (Å²) in [7, 11) is 3.11. The van der Waals surface area contributed by atoms with Gasteiger partial charge in [0.05, 0.1) is 19.8 Å². The average Bonchev–Trinajstić information content (AvgIpc) is 2.83. The molecule has 0 fully saturated rings. The highest BCUT2D eigenvalue weighted by atomic mass is 32.1. The zero-order valence-corrected chi connectivity index (χ0v) is 20.7. The van der Waals surface area contributed by atoms with Crippen LogP contribution in [0.15, 0.2) is 71.5 Å². The van der Waals surface area contributed by atoms with Crippen LogP contribution in [0.4, 0.5) is 5.00 Å². The van der Waals surface area contributed by atoms with Gasteiger partial charge in [-0.2, -0.15) is 0 Å². The lowest BCUT2D eigenvalue weighted by atomic mass is 9.87. The summed E-state index contributed by atoms with van der Waals surface area (Å²) in [5.74, 6) is 0.799. The summed E-state index contributed by atoms with van der Waals surface area (Å²) in [6, 6.07) is 20.3. The molecular formula is C28H27NO4S. The minimum Gasteiger partial charge on any atom is -0.493 e. The molecule has 0 unspecified atom stereocenters. The number of hydrogen-bond acceptors (Lipinski definition) is 5. The first-order valence-electron chi connectivity index (χ1n) is 10.9. The van der Waals surface area contributed by atoms with Crippen molar-refractivity contribution in [1.29, 1.82) is 0 Å². The minimum atomic E-state index is -0.270. The Labute approximate surface area is 203 Å². The fourth-order valence-corrected chi connectivity index (χ4v) is 4.87. The van der Waals surface area contributed by atoms with Crippen molar-refractivity contribution < 1.29 is 14.3 Å². The summed E-state index contributed by atoms with van der Waals surface area (Å²) in [4.78, 5) is 26.7. The summed E-state index contributed by atoms with van der Waals surface area (Å²) in [6.07, 6.45) is 0. The van der Waals surface area contributed by atoms with Crippen LogP contribution < -0.4 is 20.2 Å². The number of rotatable bonds is 5. The third-order valence-electron chi connectivity index (χ3n) is 5.71. The van der Waals surface area contributed by atoms with E-state index in [9.17, 15) is 9.59 Å². The van der Waals surface area contributed by atoms with Crippen molar-refractivity contribution >= 4 is 32.3 Å². The second-order valence-electron chi connectivity index (χ2n) is 8.98. The maximum atomic E-state index is 13.6. The van der Waals surface area contributed by atoms with E-state index in [2.05, 4.69) is 26.1 Å². The Kier molecular flexibility index (Phi) is 6.44. The zero-order chi connectivity index (χ0) is 24.5. The Morgan fingerprint density at radius 2 is 1.56 bits per heavy atom. The minimum absolute atomic E-state index is 0.00647. The molecule has 174 valence electrons. The molecule has 0 radical (unpaired) electrons. The van der Waals surface area contributed by atoms with Gasteiger partial charge in [-0.3, -0.25) is 9.59 Å². The van der Waals surface area contributed by atoms with Gasteiger partial charge in [0.25, 0.3) is 5.91 Å². The van der Waals surface area contributed by atoms with Gasteiger partial charge in [0.1, 0.15) is 5.00 Å². The predicted molar refractivity (Wildman–Crippen MR) is 140 cm³/mol. The van der Waals surface area contributed by atoms with Gasteiger partial charge in [-0.15, -0.1) is 11.3 Å². The van der Waals surface area contributed by atoms with Gasteiger partial charge in [0.15, 0.2) is 16.9 Å². The second kappa shape index (κ2) is 9.31. The Morgan fingerprint density at radius 3 is 2.21 bits per heavy atom. The first kappa shape index (κ1) is 23.5. The van der Waals surface area contributed by atoms with Crippen molar-refractivity contribution in [2.45, 2.75) is 26.2 Å². The van der Waals surface area contributed by atoms with Crippen molar-refractivity contribution in [3.05, 3.63) is 88.1 Å². The molecule has 4 rings (SSSR count). The fraction of sp³-hybridized carbons (Fsp3) is 0.214. The van der Waals surface area contributed by atoms with Gasteiger partial charge in [-0.05, 0) is 52.9 Å². The number of carbonyl (C=O) groups excluding carboxylic acids is 1. The molecule has 4 aromatic rings. The molecule has 1 heterocycles. The molecule has 5 nitrogen and oxygen atoms in total. The summed E-state index contributed by atoms with van der Waals surface area (Å²) in [6.45, 7) is 6.39. The first-order valence-corrected chi connectivity index (χ1v) is 11.7. The van der Waals surface area contributed by atoms with Crippen molar-refractivity contribution in [1.82, 2.24) is 0 Å². The lowest BCUT2D eigenvalue weighted by molar-refractivity contribution is 0.102. The van der Waals surface area contributed by atoms with Crippen LogP contribution in [-0.2, 0) is 5.41 Å². The van der Waals surface area contributed by atoms with Gasteiger partial charge < -0.3 is 14.8 Å². The maximum Gasteiger partial charge on any atom is 0.256 e. The van der Waals surface area contributed by atoms with E-state index in [1.807, 2.05) is 42.5 Å². The van der Waals surface area contributed by atoms with Crippen molar-refractivity contribution in [2.24, 2.45) is 0 Å². The summed E-state index contributed by atoms with van der Waals surface area (Å²) in [5, 5.41) is 4.08. The van der Waals surface area contributed by atoms with Crippen molar-refractivity contribution in [3.63, 3.8) is 0 Å². The highest BCUT2D eigenvalue weighted by Crippen LogP contribution is 2.37. The van der Waals surface area contributed by atoms with E-state index in [4.69, 9.17) is 9.47 Å². The number of fused-ring (bicyclic) bond motifs is 1. The van der Waals surface area contributed by atoms with E-state index in [1.54, 1.807) is 38.5 Å². The molecule has 0 spiro atoms. The molecule has 0 aliphatic heterocycles. The smallest absolute Gasteiger partial charge is 0.256 e. The SMILES string of the molecule is COc1ccc(-c2c(NC(=O)c3ccc(C(C)(C)C)cc3)sc3ccccc3c2=O)cc1OC. The highest BCUT2D eigenvalue weighted by Gasteiger charge is 2.20. The Balaban J connectivity index is 1.82. The first-order chi connectivity index (χ1) is 16.2. The van der Waals surface area contributed by atoms with Gasteiger partial charge in [-0.1, -0.05) is 51.1 Å². The van der Waals surface area contributed by atoms with E-state index in [0.29, 0.717) is 38.6 Å². The quantitative estimate of drug-likeness (QED) is 0.360. The van der Waals surface area contributed by atoms with E-state index in [0.717, 1.165) is 10.3 Å². The van der Waals surface area contributed by atoms with E-state index in [-0.39, 0.29) is 16.8 Å². The molecule has 3 aromatic carbocycles. The van der Waals surface area contributed by atoms with Crippen molar-refractivity contribution in [3.8, 4) is 22.6 Å². The van der Waals surface area contributed by atoms with Crippen LogP contribution in [0.1, 0.15) is 36.7 Å². The number of nitrogens with one attached hydrogen (secondary N) is 1. The van der Waals surface area contributed by atoms with Crippen LogP contribution in [0.25, 0.3) is 21.2 Å². The van der Waals surface area contributed by atoms with E-state index in [1.165, 1.54) is 11.3 Å². The molecule has 6 heteroatoms. The maximum absolute atomic E-state index is 13.6. The Morgan fingerprint density at radius 1 is 0.882 bits per heavy atom. The van der Waals surface area contributed by atoms with Crippen LogP contribution >= 0.6 is 11.3 Å². The van der Waals surface area contributed by atoms with Gasteiger partial charge in [-0.25, -0.2) is 0 Å². The van der Waals surface area contributed by atoms with Crippen LogP contribution in [0.2, 0.25) is 0 Å². The Hall–Kier alpha value is -3.64. The average molecular weight is 474 g/mol. The molecule has 0 saturated heterocycles. The fourth-order valence-electron chi connectivity index (χ4n) is 3.78. The highest BCUT2D eigenvalue weighted by molar-refractivity contribution is 7.22. The van der Waals surface area contributed by atoms with Gasteiger partial charge in [0.2, 0.25) is 0 Å². The molecular weight excluding hydrogens is 446 g/mol. The number of hydrogen-bond donors (Lipinski definition) is 1. The molecule has 0 saturated carbocycles. The van der Waals surface area contributed by atoms with Gasteiger partial charge in [0, 0.05) is 15.6 Å². The third kappa shape index (κ3) is 4.54. The van der Waals surface area contributed by atoms with E-state index < -0.39 is 0 Å². The van der Waals surface area contributed by atoms with Crippen LogP contribution in [0.3, 0.4) is 0 Å². The zero-order valence-electron chi connectivity index (χ0n) is 19.9. The van der Waals surface area contributed by atoms with E-state index >= 15 is 0 Å². The summed E-state index contributed by atoms with van der Waals surface area (Å²) >= 11 is 1.37. The van der Waals surface area contributed by atoms with Crippen LogP contribution in [0, 0.1) is 0 Å². The van der Waals surface area contributed by atoms with Crippen molar-refractivity contribution in [2.75, 3.05) is 19.5 Å². The summed E-state index contributed by atoms with van der Waals surface area (Å²) < 4.78 is 11.6. The molecule has 1 aromatic heterocycles. The Bertz CT molecular complexity index is 1420. The van der Waals surface area contributed by atoms with Crippen LogP contribution in [0.5, 0.6) is 11.5 Å². The number of methoxy groups -OCH3 is 2. The normalized spacial score (nSPS) is 11.3. The monoisotopic (exact) mass is 473 g/mol. The van der Waals surface area contributed by atoms with Gasteiger partial charge >= 0.3 is 0 Å². The number of carbonyl (C=O) groups is 1. The molecule has 0 atom stereocenters. The largest absolute Gasteiger partial charge is 0.493 e. The number of ether oxygens (including phenoxy) is 2. The predicted octanol–water partition coefficient (Wildman–Crippen LogP) is 6.50. The molecule has 1 amide bonds. The molecule has 34 heavy (non-hydrogen) atoms. The molecule has 0 aliphatic rings. The summed E-state index contributed by atoms with van der Waals surface area (Å²) in [5.41, 5.74) is 2.57. The number of anilines is 1. The standard InChI is InChI=1S/C28H27NO4S/c1-28(2,3)19-13-10-17(11-14-19)26(31)29-27-24(18-12-15-21(32-4)22(16-18)33-5)25(30)20-8-6-7-9-23(20)34-27/h6-16H,1-5H3,(H,29,31). The second-order valence-corrected chi connectivity index (χ2v) is 10.0. The lowest BCUT2D eigenvalue weighted by Gasteiger charge is -2.19. The molecule has 0 aliphatic carbocycles. The molecule has 1 N–H and O–H groups in total.